The molecule has 0 saturated heterocycles. The summed E-state index contributed by atoms with van der Waals surface area (Å²) >= 11 is 0. The molecule has 5 aliphatic rings. The van der Waals surface area contributed by atoms with E-state index < -0.39 is 0 Å². The Balaban J connectivity index is 0.000000182. The Labute approximate surface area is 825 Å². The van der Waals surface area contributed by atoms with Gasteiger partial charge in [0.15, 0.2) is 17.3 Å². The average molecular weight is 1920 g/mol. The van der Waals surface area contributed by atoms with E-state index in [0.29, 0.717) is 153 Å². The summed E-state index contributed by atoms with van der Waals surface area (Å²) < 4.78 is 5.25. The van der Waals surface area contributed by atoms with E-state index >= 15 is 0 Å². The van der Waals surface area contributed by atoms with Gasteiger partial charge in [-0.2, -0.15) is 0 Å². The van der Waals surface area contributed by atoms with Crippen molar-refractivity contribution in [2.24, 2.45) is 42.2 Å². The van der Waals surface area contributed by atoms with Gasteiger partial charge < -0.3 is 107 Å². The quantitative estimate of drug-likeness (QED) is 0.00937. The average Bonchev–Trinajstić information content (AvgIpc) is 0.825. The third-order valence-electron chi connectivity index (χ3n) is 22.3. The minimum atomic E-state index is -0.267. The van der Waals surface area contributed by atoms with Gasteiger partial charge in [-0.05, 0) is 288 Å². The number of nitrogens with zero attached hydrogens (tertiary/aromatic N) is 8. The summed E-state index contributed by atoms with van der Waals surface area (Å²) in [6.45, 7) is 16.8. The number of aryl methyl sites for hydroxylation is 2. The summed E-state index contributed by atoms with van der Waals surface area (Å²) in [7, 11) is 1.54. The molecule has 5 aliphatic carbocycles. The number of hydrogen-bond acceptors (Lipinski definition) is 30. The van der Waals surface area contributed by atoms with E-state index in [0.717, 1.165) is 93.0 Å². The third-order valence-corrected chi connectivity index (χ3v) is 22.3. The fourth-order valence-electron chi connectivity index (χ4n) is 14.6. The Kier molecular flexibility index (Phi) is 38.2. The summed E-state index contributed by atoms with van der Waals surface area (Å²) in [4.78, 5) is 88.4. The first-order valence-corrected chi connectivity index (χ1v) is 45.0. The van der Waals surface area contributed by atoms with Crippen molar-refractivity contribution in [3.05, 3.63) is 364 Å². The number of likely N-dealkylation sites (N-methyl/N-ethyl adjacent to an activating group) is 3. The number of nitrogens with one attached hydrogen (secondary N) is 4. The SMILES string of the molecule is CC1=CC(=O)C=CC1=Nc1cc(Nc2ccc(N)cc2C)c(O)cc1N.CCN(CCNC(=O)c1ccccc1)c1ccc(N=C2C=C(OC)C(N)=CC2=N)c(C)c1.CCN(CCO)c1ccc(N=C2C=C(N)C(=O)C=C2Nc2ccc(N(CC)CCO)cc2)cc1.Cl.NC1=CC(=O)C(Cc2ccc(N)cc2)=CC1=Nc1ccc(N)cc1.Nc1cc(O)c(Cc2ccc(O)cc2)cc1N=C1C=CC(=O)C=C1. The lowest BCUT2D eigenvalue weighted by molar-refractivity contribution is -0.112. The topological polar surface area (TPSA) is 535 Å². The lowest BCUT2D eigenvalue weighted by Gasteiger charge is -2.24. The maximum Gasteiger partial charge on any atom is 0.251 e. The number of ether oxygens (including phenoxy) is 1. The zero-order chi connectivity index (χ0) is 101. The Bertz CT molecular complexity index is 6730. The number of halogens is 1. The van der Waals surface area contributed by atoms with Gasteiger partial charge in [-0.1, -0.05) is 42.5 Å². The fourth-order valence-corrected chi connectivity index (χ4v) is 14.6. The Morgan fingerprint density at radius 1 is 0.440 bits per heavy atom. The van der Waals surface area contributed by atoms with Crippen LogP contribution in [0.5, 0.6) is 17.2 Å². The normalized spacial score (nSPS) is 14.6. The van der Waals surface area contributed by atoms with Gasteiger partial charge in [-0.15, -0.1) is 12.4 Å². The predicted molar refractivity (Wildman–Crippen MR) is 574 cm³/mol. The van der Waals surface area contributed by atoms with Gasteiger partial charge in [0.05, 0.1) is 123 Å². The number of carbonyl (C=O) groups excluding carboxylic acids is 5. The van der Waals surface area contributed by atoms with Crippen molar-refractivity contribution in [3.8, 4) is 17.2 Å². The number of hydrogen-bond donors (Lipinski definition) is 17. The highest BCUT2D eigenvalue weighted by atomic mass is 35.5. The smallest absolute Gasteiger partial charge is 0.251 e. The van der Waals surface area contributed by atoms with E-state index in [1.165, 1.54) is 48.6 Å². The minimum Gasteiger partial charge on any atom is -0.508 e. The van der Waals surface area contributed by atoms with Crippen LogP contribution in [0.25, 0.3) is 0 Å². The summed E-state index contributed by atoms with van der Waals surface area (Å²) in [5.41, 5.74) is 69.2. The monoisotopic (exact) mass is 1920 g/mol. The number of carbonyl (C=O) groups is 5. The van der Waals surface area contributed by atoms with Crippen molar-refractivity contribution in [1.29, 1.82) is 5.41 Å². The van der Waals surface area contributed by atoms with Crippen LogP contribution in [0.1, 0.15) is 65.9 Å². The van der Waals surface area contributed by atoms with Gasteiger partial charge >= 0.3 is 0 Å². The lowest BCUT2D eigenvalue weighted by atomic mass is 9.95. The maximum atomic E-state index is 12.2. The van der Waals surface area contributed by atoms with Crippen LogP contribution in [0.3, 0.4) is 0 Å². The van der Waals surface area contributed by atoms with Crippen molar-refractivity contribution in [3.63, 3.8) is 0 Å². The third kappa shape index (κ3) is 30.5. The summed E-state index contributed by atoms with van der Waals surface area (Å²) in [5.74, 6) is 0.219. The molecule has 0 spiro atoms. The number of aromatic hydroxyl groups is 3. The van der Waals surface area contributed by atoms with Crippen molar-refractivity contribution in [2.75, 3.05) is 120 Å². The van der Waals surface area contributed by atoms with Crippen molar-refractivity contribution >= 4 is 167 Å². The van der Waals surface area contributed by atoms with Crippen LogP contribution in [0.2, 0.25) is 0 Å². The zero-order valence-corrected chi connectivity index (χ0v) is 80.1. The summed E-state index contributed by atoms with van der Waals surface area (Å²) in [6, 6.07) is 63.9. The second-order valence-electron chi connectivity index (χ2n) is 32.5. The van der Waals surface area contributed by atoms with Crippen LogP contribution in [0, 0.1) is 19.3 Å². The number of phenols is 3. The number of aliphatic hydroxyl groups excluding tert-OH is 2. The van der Waals surface area contributed by atoms with Crippen LogP contribution in [-0.4, -0.2) is 155 Å². The van der Waals surface area contributed by atoms with Crippen molar-refractivity contribution < 1.29 is 54.2 Å². The van der Waals surface area contributed by atoms with E-state index in [4.69, 9.17) is 61.0 Å². The molecule has 1 amide bonds. The predicted octanol–water partition coefficient (Wildman–Crippen LogP) is 16.3. The molecule has 10 aromatic rings. The van der Waals surface area contributed by atoms with E-state index in [9.17, 15) is 49.5 Å². The van der Waals surface area contributed by atoms with Gasteiger partial charge in [0.25, 0.3) is 5.91 Å². The van der Waals surface area contributed by atoms with Gasteiger partial charge in [-0.3, -0.25) is 29.4 Å². The molecule has 32 heteroatoms. The number of nitrogen functional groups attached to an aromatic ring is 5. The maximum absolute atomic E-state index is 12.2. The van der Waals surface area contributed by atoms with E-state index in [1.807, 2.05) is 150 Å². The number of anilines is 11. The molecule has 25 N–H and O–H groups in total. The highest BCUT2D eigenvalue weighted by Gasteiger charge is 2.23. The van der Waals surface area contributed by atoms with Crippen LogP contribution >= 0.6 is 12.4 Å². The number of amides is 1. The first kappa shape index (κ1) is 106. The van der Waals surface area contributed by atoms with E-state index in [2.05, 4.69) is 63.6 Å². The first-order chi connectivity index (χ1) is 67.2. The highest BCUT2D eigenvalue weighted by molar-refractivity contribution is 6.50. The molecule has 0 aliphatic heterocycles. The van der Waals surface area contributed by atoms with Gasteiger partial charge in [0, 0.05) is 151 Å². The molecule has 0 radical (unpaired) electrons. The number of aliphatic imine (C=N–C) groups is 5. The van der Waals surface area contributed by atoms with Crippen LogP contribution < -0.4 is 76.5 Å². The molecule has 0 bridgehead atoms. The number of ketones is 4. The zero-order valence-electron chi connectivity index (χ0n) is 79.3. The molecule has 0 saturated carbocycles. The summed E-state index contributed by atoms with van der Waals surface area (Å²) in [5, 5.41) is 65.7. The molecule has 0 aromatic heterocycles. The van der Waals surface area contributed by atoms with Crippen LogP contribution in [0.15, 0.2) is 356 Å². The number of allylic oxidation sites excluding steroid dienone is 15. The number of rotatable bonds is 28. The number of methoxy groups -OCH3 is 1. The Morgan fingerprint density at radius 3 is 1.60 bits per heavy atom. The van der Waals surface area contributed by atoms with Crippen molar-refractivity contribution in [2.45, 2.75) is 54.4 Å². The molecule has 15 rings (SSSR count). The van der Waals surface area contributed by atoms with Crippen LogP contribution in [0.4, 0.5) is 91.0 Å². The number of benzene rings is 10. The first-order valence-electron chi connectivity index (χ1n) is 45.0. The number of nitrogens with two attached hydrogens (primary N) is 8. The minimum absolute atomic E-state index is 0. The molecule has 141 heavy (non-hydrogen) atoms. The molecule has 10 aromatic carbocycles. The number of phenolic OH excluding ortho intramolecular Hbond substituents is 3. The molecule has 0 fully saturated rings. The van der Waals surface area contributed by atoms with E-state index in [-0.39, 0.29) is 83.3 Å². The lowest BCUT2D eigenvalue weighted by Crippen LogP contribution is -2.35. The Hall–Kier alpha value is -17.4. The second-order valence-corrected chi connectivity index (χ2v) is 32.5. The van der Waals surface area contributed by atoms with Gasteiger partial charge in [-0.25, -0.2) is 25.0 Å². The molecule has 0 unspecified atom stereocenters. The van der Waals surface area contributed by atoms with Gasteiger partial charge in [0.2, 0.25) is 5.78 Å². The molecular weight excluding hydrogens is 1800 g/mol. The van der Waals surface area contributed by atoms with E-state index in [1.54, 1.807) is 129 Å². The van der Waals surface area contributed by atoms with Gasteiger partial charge in [0.1, 0.15) is 23.0 Å². The van der Waals surface area contributed by atoms with Crippen LogP contribution in [-0.2, 0) is 36.8 Å². The summed E-state index contributed by atoms with van der Waals surface area (Å²) in [6.07, 6.45) is 21.2. The second kappa shape index (κ2) is 51.0. The molecule has 0 heterocycles. The largest absolute Gasteiger partial charge is 0.508 e. The molecule has 31 nitrogen and oxygen atoms in total. The molecular formula is C109H117ClN20O11. The highest BCUT2D eigenvalue weighted by Crippen LogP contribution is 2.39. The van der Waals surface area contributed by atoms with Crippen molar-refractivity contribution in [1.82, 2.24) is 5.32 Å². The number of aliphatic hydroxyl groups is 2. The Morgan fingerprint density at radius 2 is 0.993 bits per heavy atom. The molecule has 0 atom stereocenters. The standard InChI is InChI=1S/C26H33N5O3.C25H29N5O2.C20H20N4O2.C19H18N4O.C19H16N2O3.ClH/c1-3-30(13-15-32)21-9-5-19(6-10-21)28-24-17-23(27)26(34)18-25(24)29-20-7-11-22(12-8-20)31(4-2)14-16-33;1-4-30(13-12-28-25(31)18-8-6-5-7-9-18)19-10-11-22(17(2)14-19)29-23-16-24(32-3)21(27)15-20(23)26;1-11-7-13(21)3-5-16(11)24-19-10-18(15(22)9-20(19)26)23-17-6-4-14(25)8-12(17)2;20-14-3-1-12(2-4-14)9-13-10-18(17(22)11-19(13)24)23-16-7-5-15(21)6-8-16;20-17-11-19(24)13(9-12-1-5-15(22)6-2-12)10-18(17)21-14-3-7-16(23)8-4-14;/h5-12,17-18,29,32-33H,3-4,13-16,27H2,1-2H3;5-11,14-16,26H,4,12-13,27H2,1-3H3,(H,28,31);3-10,24,26H,21-22H2,1-2H3;1-8,10-11H,9,20-22H2;1-8,10-11,22,24H,9,20H2;1H. The fraction of sp³-hybridized carbons (Fsp3) is 0.165. The molecule has 726 valence electrons.